The van der Waals surface area contributed by atoms with Crippen LogP contribution in [0, 0.1) is 5.92 Å². The minimum atomic E-state index is 0.143. The number of nitrogens with one attached hydrogen (secondary N) is 1. The largest absolute Gasteiger partial charge is 0.316 e. The molecule has 1 heterocycles. The highest BCUT2D eigenvalue weighted by atomic mass is 16.2. The van der Waals surface area contributed by atoms with E-state index in [9.17, 15) is 4.79 Å². The molecular formula is C14H20N2O. The van der Waals surface area contributed by atoms with Crippen LogP contribution in [0.25, 0.3) is 0 Å². The van der Waals surface area contributed by atoms with E-state index in [1.54, 1.807) is 0 Å². The van der Waals surface area contributed by atoms with Gasteiger partial charge in [-0.2, -0.15) is 0 Å². The van der Waals surface area contributed by atoms with Crippen LogP contribution in [0.3, 0.4) is 0 Å². The Kier molecular flexibility index (Phi) is 4.15. The zero-order valence-electron chi connectivity index (χ0n) is 10.4. The number of anilines is 1. The Bertz CT molecular complexity index is 358. The van der Waals surface area contributed by atoms with Crippen LogP contribution in [-0.2, 0) is 4.79 Å². The van der Waals surface area contributed by atoms with Gasteiger partial charge in [-0.3, -0.25) is 4.79 Å². The van der Waals surface area contributed by atoms with Crippen molar-refractivity contribution in [3.63, 3.8) is 0 Å². The lowest BCUT2D eigenvalue weighted by atomic mass is 9.98. The van der Waals surface area contributed by atoms with E-state index in [4.69, 9.17) is 0 Å². The van der Waals surface area contributed by atoms with Crippen LogP contribution in [0.5, 0.6) is 0 Å². The lowest BCUT2D eigenvalue weighted by Crippen LogP contribution is -2.43. The molecule has 17 heavy (non-hydrogen) atoms. The first-order valence-corrected chi connectivity index (χ1v) is 6.40. The van der Waals surface area contributed by atoms with Gasteiger partial charge in [0.1, 0.15) is 0 Å². The SMILES string of the molecule is CCN(C(=O)[C@H]1CCCNC1)c1ccccc1. The van der Waals surface area contributed by atoms with Crippen molar-refractivity contribution < 1.29 is 4.79 Å². The Labute approximate surface area is 103 Å². The van der Waals surface area contributed by atoms with E-state index in [-0.39, 0.29) is 11.8 Å². The summed E-state index contributed by atoms with van der Waals surface area (Å²) >= 11 is 0. The van der Waals surface area contributed by atoms with E-state index in [1.807, 2.05) is 42.2 Å². The molecule has 0 aromatic heterocycles. The van der Waals surface area contributed by atoms with Crippen LogP contribution in [-0.4, -0.2) is 25.5 Å². The first-order chi connectivity index (χ1) is 8.33. The van der Waals surface area contributed by atoms with Crippen molar-refractivity contribution in [2.45, 2.75) is 19.8 Å². The number of carbonyl (C=O) groups is 1. The Balaban J connectivity index is 2.10. The third-order valence-corrected chi connectivity index (χ3v) is 3.30. The monoisotopic (exact) mass is 232 g/mol. The van der Waals surface area contributed by atoms with E-state index >= 15 is 0 Å². The van der Waals surface area contributed by atoms with Crippen molar-refractivity contribution in [3.8, 4) is 0 Å². The van der Waals surface area contributed by atoms with E-state index < -0.39 is 0 Å². The molecule has 1 amide bonds. The number of piperidine rings is 1. The Morgan fingerprint density at radius 1 is 1.41 bits per heavy atom. The smallest absolute Gasteiger partial charge is 0.231 e. The zero-order chi connectivity index (χ0) is 12.1. The molecule has 0 bridgehead atoms. The molecule has 1 atom stereocenters. The molecule has 2 rings (SSSR count). The molecule has 1 N–H and O–H groups in total. The molecular weight excluding hydrogens is 212 g/mol. The van der Waals surface area contributed by atoms with Crippen LogP contribution >= 0.6 is 0 Å². The van der Waals surface area contributed by atoms with Crippen LogP contribution < -0.4 is 10.2 Å². The van der Waals surface area contributed by atoms with Crippen LogP contribution in [0.1, 0.15) is 19.8 Å². The molecule has 1 aromatic carbocycles. The maximum Gasteiger partial charge on any atom is 0.231 e. The highest BCUT2D eigenvalue weighted by Gasteiger charge is 2.25. The van der Waals surface area contributed by atoms with Gasteiger partial charge in [-0.05, 0) is 38.4 Å². The predicted octanol–water partition coefficient (Wildman–Crippen LogP) is 2.04. The minimum Gasteiger partial charge on any atom is -0.316 e. The van der Waals surface area contributed by atoms with Gasteiger partial charge in [-0.25, -0.2) is 0 Å². The van der Waals surface area contributed by atoms with E-state index in [1.165, 1.54) is 0 Å². The summed E-state index contributed by atoms with van der Waals surface area (Å²) in [5.41, 5.74) is 1.01. The predicted molar refractivity (Wildman–Crippen MR) is 70.1 cm³/mol. The lowest BCUT2D eigenvalue weighted by molar-refractivity contribution is -0.122. The molecule has 0 saturated carbocycles. The molecule has 1 fully saturated rings. The number of benzene rings is 1. The average Bonchev–Trinajstić information content (AvgIpc) is 2.42. The fourth-order valence-corrected chi connectivity index (χ4v) is 2.36. The third-order valence-electron chi connectivity index (χ3n) is 3.30. The van der Waals surface area contributed by atoms with E-state index in [0.29, 0.717) is 0 Å². The van der Waals surface area contributed by atoms with Crippen molar-refractivity contribution in [3.05, 3.63) is 30.3 Å². The van der Waals surface area contributed by atoms with Gasteiger partial charge in [-0.15, -0.1) is 0 Å². The molecule has 92 valence electrons. The fraction of sp³-hybridized carbons (Fsp3) is 0.500. The van der Waals surface area contributed by atoms with Crippen LogP contribution in [0.4, 0.5) is 5.69 Å². The fourth-order valence-electron chi connectivity index (χ4n) is 2.36. The molecule has 3 heteroatoms. The zero-order valence-corrected chi connectivity index (χ0v) is 10.4. The number of para-hydroxylation sites is 1. The number of carbonyl (C=O) groups excluding carboxylic acids is 1. The second kappa shape index (κ2) is 5.82. The lowest BCUT2D eigenvalue weighted by Gasteiger charge is -2.29. The summed E-state index contributed by atoms with van der Waals surface area (Å²) in [6, 6.07) is 9.92. The van der Waals surface area contributed by atoms with Gasteiger partial charge in [0.05, 0.1) is 5.92 Å². The molecule has 0 unspecified atom stereocenters. The van der Waals surface area contributed by atoms with Gasteiger partial charge < -0.3 is 10.2 Å². The number of amides is 1. The van der Waals surface area contributed by atoms with Crippen molar-refractivity contribution in [1.29, 1.82) is 0 Å². The molecule has 0 radical (unpaired) electrons. The molecule has 1 aliphatic heterocycles. The molecule has 1 aliphatic rings. The summed E-state index contributed by atoms with van der Waals surface area (Å²) in [5, 5.41) is 3.30. The third kappa shape index (κ3) is 2.86. The normalized spacial score (nSPS) is 19.9. The summed E-state index contributed by atoms with van der Waals surface area (Å²) in [6.07, 6.45) is 2.11. The van der Waals surface area contributed by atoms with E-state index in [0.717, 1.165) is 38.2 Å². The number of hydrogen-bond donors (Lipinski definition) is 1. The minimum absolute atomic E-state index is 0.143. The number of nitrogens with zero attached hydrogens (tertiary/aromatic N) is 1. The standard InChI is InChI=1S/C14H20N2O/c1-2-16(13-8-4-3-5-9-13)14(17)12-7-6-10-15-11-12/h3-5,8-9,12,15H,2,6-7,10-11H2,1H3/t12-/m0/s1. The van der Waals surface area contributed by atoms with Gasteiger partial charge in [0.2, 0.25) is 5.91 Å². The van der Waals surface area contributed by atoms with Gasteiger partial charge in [0.15, 0.2) is 0 Å². The maximum atomic E-state index is 12.4. The van der Waals surface area contributed by atoms with Crippen molar-refractivity contribution in [2.75, 3.05) is 24.5 Å². The van der Waals surface area contributed by atoms with Gasteiger partial charge in [-0.1, -0.05) is 18.2 Å². The van der Waals surface area contributed by atoms with Crippen LogP contribution in [0.15, 0.2) is 30.3 Å². The summed E-state index contributed by atoms with van der Waals surface area (Å²) in [6.45, 7) is 4.63. The first-order valence-electron chi connectivity index (χ1n) is 6.40. The molecule has 0 spiro atoms. The van der Waals surface area contributed by atoms with Crippen molar-refractivity contribution in [1.82, 2.24) is 5.32 Å². The second-order valence-corrected chi connectivity index (χ2v) is 4.46. The molecule has 3 nitrogen and oxygen atoms in total. The van der Waals surface area contributed by atoms with Gasteiger partial charge in [0.25, 0.3) is 0 Å². The Morgan fingerprint density at radius 2 is 2.18 bits per heavy atom. The summed E-state index contributed by atoms with van der Waals surface area (Å²) < 4.78 is 0. The highest BCUT2D eigenvalue weighted by Crippen LogP contribution is 2.19. The second-order valence-electron chi connectivity index (χ2n) is 4.46. The Hall–Kier alpha value is -1.35. The molecule has 1 saturated heterocycles. The summed E-state index contributed by atoms with van der Waals surface area (Å²) in [5.74, 6) is 0.398. The van der Waals surface area contributed by atoms with Crippen molar-refractivity contribution in [2.24, 2.45) is 5.92 Å². The number of rotatable bonds is 3. The maximum absolute atomic E-state index is 12.4. The first kappa shape index (κ1) is 12.1. The van der Waals surface area contributed by atoms with Gasteiger partial charge >= 0.3 is 0 Å². The summed E-state index contributed by atoms with van der Waals surface area (Å²) in [7, 11) is 0. The molecule has 1 aromatic rings. The molecule has 0 aliphatic carbocycles. The van der Waals surface area contributed by atoms with Gasteiger partial charge in [0, 0.05) is 18.8 Å². The summed E-state index contributed by atoms with van der Waals surface area (Å²) in [4.78, 5) is 14.3. The Morgan fingerprint density at radius 3 is 2.76 bits per heavy atom. The quantitative estimate of drug-likeness (QED) is 0.865. The topological polar surface area (TPSA) is 32.3 Å². The van der Waals surface area contributed by atoms with Crippen molar-refractivity contribution >= 4 is 11.6 Å². The number of hydrogen-bond acceptors (Lipinski definition) is 2. The average molecular weight is 232 g/mol. The van der Waals surface area contributed by atoms with E-state index in [2.05, 4.69) is 5.32 Å². The highest BCUT2D eigenvalue weighted by molar-refractivity contribution is 5.95. The van der Waals surface area contributed by atoms with Crippen LogP contribution in [0.2, 0.25) is 0 Å².